The van der Waals surface area contributed by atoms with Gasteiger partial charge in [-0.1, -0.05) is 13.8 Å². The molecule has 0 aliphatic rings. The molecular formula is C19H26N2O3S. The summed E-state index contributed by atoms with van der Waals surface area (Å²) in [6.07, 6.45) is 1.09. The van der Waals surface area contributed by atoms with Gasteiger partial charge in [0.05, 0.1) is 12.0 Å². The van der Waals surface area contributed by atoms with Crippen LogP contribution in [0.3, 0.4) is 0 Å². The molecule has 6 heteroatoms. The van der Waals surface area contributed by atoms with Crippen LogP contribution in [-0.4, -0.2) is 22.1 Å². The molecule has 2 rings (SSSR count). The lowest BCUT2D eigenvalue weighted by Gasteiger charge is -2.12. The van der Waals surface area contributed by atoms with Crippen LogP contribution in [0.4, 0.5) is 11.4 Å². The van der Waals surface area contributed by atoms with Gasteiger partial charge < -0.3 is 10.1 Å². The molecule has 0 amide bonds. The second-order valence-corrected chi connectivity index (χ2v) is 8.07. The van der Waals surface area contributed by atoms with E-state index in [0.29, 0.717) is 22.9 Å². The molecule has 0 heterocycles. The van der Waals surface area contributed by atoms with Gasteiger partial charge in [0.1, 0.15) is 5.75 Å². The Bertz CT molecular complexity index is 800. The van der Waals surface area contributed by atoms with Crippen LogP contribution in [-0.2, 0) is 10.0 Å². The number of methoxy groups -OCH3 is 1. The minimum absolute atomic E-state index is 0.243. The maximum atomic E-state index is 12.6. The summed E-state index contributed by atoms with van der Waals surface area (Å²) in [7, 11) is -2.08. The fraction of sp³-hybridized carbons (Fsp3) is 0.368. The van der Waals surface area contributed by atoms with Gasteiger partial charge in [-0.25, -0.2) is 8.42 Å². The molecule has 25 heavy (non-hydrogen) atoms. The standard InChI is InChI=1S/C19H26N2O3S/c1-14(2)11-12-20-16-5-7-17(8-6-16)21-25(22,23)19-10-9-18(24-4)13-15(19)3/h5-10,13-14,20-21H,11-12H2,1-4H3. The monoisotopic (exact) mass is 362 g/mol. The molecule has 2 N–H and O–H groups in total. The Kier molecular flexibility index (Phi) is 6.31. The quantitative estimate of drug-likeness (QED) is 0.736. The van der Waals surface area contributed by atoms with Gasteiger partial charge in [-0.15, -0.1) is 0 Å². The number of aryl methyl sites for hydroxylation is 1. The molecular weight excluding hydrogens is 336 g/mol. The number of hydrogen-bond donors (Lipinski definition) is 2. The number of ether oxygens (including phenoxy) is 1. The number of nitrogens with one attached hydrogen (secondary N) is 2. The van der Waals surface area contributed by atoms with Crippen LogP contribution >= 0.6 is 0 Å². The first-order valence-electron chi connectivity index (χ1n) is 8.33. The van der Waals surface area contributed by atoms with E-state index in [-0.39, 0.29) is 4.90 Å². The fourth-order valence-electron chi connectivity index (χ4n) is 2.42. The molecule has 0 unspecified atom stereocenters. The van der Waals surface area contributed by atoms with E-state index in [1.54, 1.807) is 44.4 Å². The van der Waals surface area contributed by atoms with Gasteiger partial charge >= 0.3 is 0 Å². The van der Waals surface area contributed by atoms with Crippen LogP contribution in [0.25, 0.3) is 0 Å². The third-order valence-electron chi connectivity index (χ3n) is 3.86. The lowest BCUT2D eigenvalue weighted by atomic mass is 10.1. The van der Waals surface area contributed by atoms with E-state index in [9.17, 15) is 8.42 Å². The predicted molar refractivity (Wildman–Crippen MR) is 103 cm³/mol. The van der Waals surface area contributed by atoms with Gasteiger partial charge in [0.25, 0.3) is 10.0 Å². The molecule has 2 aromatic carbocycles. The van der Waals surface area contributed by atoms with Crippen LogP contribution in [0.1, 0.15) is 25.8 Å². The van der Waals surface area contributed by atoms with Crippen molar-refractivity contribution in [2.24, 2.45) is 5.92 Å². The van der Waals surface area contributed by atoms with Gasteiger partial charge in [-0.05, 0) is 67.3 Å². The number of benzene rings is 2. The summed E-state index contributed by atoms with van der Waals surface area (Å²) >= 11 is 0. The Morgan fingerprint density at radius 3 is 2.24 bits per heavy atom. The van der Waals surface area contributed by atoms with E-state index in [4.69, 9.17) is 4.74 Å². The molecule has 136 valence electrons. The maximum Gasteiger partial charge on any atom is 0.262 e. The normalized spacial score (nSPS) is 11.4. The molecule has 0 saturated heterocycles. The van der Waals surface area contributed by atoms with E-state index < -0.39 is 10.0 Å². The molecule has 0 aromatic heterocycles. The molecule has 0 atom stereocenters. The van der Waals surface area contributed by atoms with Crippen molar-refractivity contribution in [2.45, 2.75) is 32.1 Å². The van der Waals surface area contributed by atoms with Crippen molar-refractivity contribution in [1.82, 2.24) is 0 Å². The van der Waals surface area contributed by atoms with Crippen LogP contribution in [0, 0.1) is 12.8 Å². The molecule has 0 saturated carbocycles. The Hall–Kier alpha value is -2.21. The third kappa shape index (κ3) is 5.39. The van der Waals surface area contributed by atoms with Crippen molar-refractivity contribution >= 4 is 21.4 Å². The summed E-state index contributed by atoms with van der Waals surface area (Å²) in [5.74, 6) is 1.28. The third-order valence-corrected chi connectivity index (χ3v) is 5.40. The molecule has 5 nitrogen and oxygen atoms in total. The Labute approximate surface area is 150 Å². The van der Waals surface area contributed by atoms with Gasteiger partial charge in [-0.2, -0.15) is 0 Å². The minimum Gasteiger partial charge on any atom is -0.497 e. The van der Waals surface area contributed by atoms with Crippen LogP contribution in [0.5, 0.6) is 5.75 Å². The first kappa shape index (κ1) is 19.1. The predicted octanol–water partition coefficient (Wildman–Crippen LogP) is 4.26. The average molecular weight is 362 g/mol. The van der Waals surface area contributed by atoms with Crippen molar-refractivity contribution in [3.05, 3.63) is 48.0 Å². The summed E-state index contributed by atoms with van der Waals surface area (Å²) in [6, 6.07) is 12.2. The molecule has 0 fully saturated rings. The fourth-order valence-corrected chi connectivity index (χ4v) is 3.71. The zero-order valence-electron chi connectivity index (χ0n) is 15.2. The summed E-state index contributed by atoms with van der Waals surface area (Å²) in [6.45, 7) is 7.01. The second-order valence-electron chi connectivity index (χ2n) is 6.42. The summed E-state index contributed by atoms with van der Waals surface area (Å²) < 4.78 is 32.9. The Balaban J connectivity index is 2.07. The number of anilines is 2. The highest BCUT2D eigenvalue weighted by Gasteiger charge is 2.17. The Morgan fingerprint density at radius 2 is 1.68 bits per heavy atom. The highest BCUT2D eigenvalue weighted by atomic mass is 32.2. The lowest BCUT2D eigenvalue weighted by molar-refractivity contribution is 0.414. The zero-order chi connectivity index (χ0) is 18.4. The topological polar surface area (TPSA) is 67.4 Å². The van der Waals surface area contributed by atoms with Crippen LogP contribution < -0.4 is 14.8 Å². The summed E-state index contributed by atoms with van der Waals surface area (Å²) in [5.41, 5.74) is 2.15. The smallest absolute Gasteiger partial charge is 0.262 e. The molecule has 0 bridgehead atoms. The van der Waals surface area contributed by atoms with E-state index in [1.807, 2.05) is 12.1 Å². The highest BCUT2D eigenvalue weighted by molar-refractivity contribution is 7.92. The van der Waals surface area contributed by atoms with Crippen molar-refractivity contribution in [3.63, 3.8) is 0 Å². The largest absolute Gasteiger partial charge is 0.497 e. The van der Waals surface area contributed by atoms with Gasteiger partial charge in [0.2, 0.25) is 0 Å². The molecule has 0 aliphatic carbocycles. The molecule has 2 aromatic rings. The first-order valence-corrected chi connectivity index (χ1v) is 9.81. The maximum absolute atomic E-state index is 12.6. The molecule has 0 spiro atoms. The molecule has 0 aliphatic heterocycles. The number of hydrogen-bond acceptors (Lipinski definition) is 4. The summed E-state index contributed by atoms with van der Waals surface area (Å²) in [4.78, 5) is 0.243. The molecule has 0 radical (unpaired) electrons. The van der Waals surface area contributed by atoms with E-state index in [2.05, 4.69) is 23.9 Å². The van der Waals surface area contributed by atoms with E-state index in [0.717, 1.165) is 18.7 Å². The zero-order valence-corrected chi connectivity index (χ0v) is 16.0. The van der Waals surface area contributed by atoms with Crippen LogP contribution in [0.15, 0.2) is 47.4 Å². The first-order chi connectivity index (χ1) is 11.8. The summed E-state index contributed by atoms with van der Waals surface area (Å²) in [5, 5.41) is 3.33. The van der Waals surface area contributed by atoms with Gasteiger partial charge in [0.15, 0.2) is 0 Å². The average Bonchev–Trinajstić information content (AvgIpc) is 2.55. The van der Waals surface area contributed by atoms with Gasteiger partial charge in [0, 0.05) is 17.9 Å². The SMILES string of the molecule is COc1ccc(S(=O)(=O)Nc2ccc(NCCC(C)C)cc2)c(C)c1. The van der Waals surface area contributed by atoms with E-state index >= 15 is 0 Å². The number of sulfonamides is 1. The lowest BCUT2D eigenvalue weighted by Crippen LogP contribution is -2.14. The number of rotatable bonds is 8. The highest BCUT2D eigenvalue weighted by Crippen LogP contribution is 2.24. The Morgan fingerprint density at radius 1 is 1.04 bits per heavy atom. The van der Waals surface area contributed by atoms with E-state index in [1.165, 1.54) is 0 Å². The van der Waals surface area contributed by atoms with Crippen molar-refractivity contribution in [3.8, 4) is 5.75 Å². The van der Waals surface area contributed by atoms with Crippen molar-refractivity contribution < 1.29 is 13.2 Å². The minimum atomic E-state index is -3.64. The van der Waals surface area contributed by atoms with Gasteiger partial charge in [-0.3, -0.25) is 4.72 Å². The van der Waals surface area contributed by atoms with Crippen molar-refractivity contribution in [1.29, 1.82) is 0 Å². The van der Waals surface area contributed by atoms with Crippen LogP contribution in [0.2, 0.25) is 0 Å². The van der Waals surface area contributed by atoms with Crippen molar-refractivity contribution in [2.75, 3.05) is 23.7 Å². The second kappa shape index (κ2) is 8.25.